The van der Waals surface area contributed by atoms with E-state index in [-0.39, 0.29) is 0 Å². The van der Waals surface area contributed by atoms with Crippen molar-refractivity contribution in [2.45, 2.75) is 66.0 Å². The Balaban J connectivity index is 2.76. The van der Waals surface area contributed by atoms with E-state index in [2.05, 4.69) is 46.4 Å². The lowest BCUT2D eigenvalue weighted by Gasteiger charge is -2.43. The average Bonchev–Trinajstić information content (AvgIpc) is 2.27. The second kappa shape index (κ2) is 3.27. The van der Waals surface area contributed by atoms with Crippen molar-refractivity contribution in [3.63, 3.8) is 0 Å². The summed E-state index contributed by atoms with van der Waals surface area (Å²) in [6, 6.07) is 0.771. The Morgan fingerprint density at radius 3 is 1.85 bits per heavy atom. The fraction of sp³-hybridized carbons (Fsp3) is 1.00. The van der Waals surface area contributed by atoms with Crippen molar-refractivity contribution < 1.29 is 0 Å². The molecule has 13 heavy (non-hydrogen) atoms. The normalized spacial score (nSPS) is 26.8. The summed E-state index contributed by atoms with van der Waals surface area (Å²) in [6.07, 6.45) is 2.75. The van der Waals surface area contributed by atoms with Gasteiger partial charge in [-0.25, -0.2) is 0 Å². The lowest BCUT2D eigenvalue weighted by atomic mass is 9.83. The summed E-state index contributed by atoms with van der Waals surface area (Å²) < 4.78 is 0. The Hall–Kier alpha value is -0.0400. The van der Waals surface area contributed by atoms with Crippen molar-refractivity contribution in [2.24, 2.45) is 5.41 Å². The van der Waals surface area contributed by atoms with Crippen LogP contribution in [0.1, 0.15) is 54.4 Å². The van der Waals surface area contributed by atoms with Gasteiger partial charge in [0.25, 0.3) is 0 Å². The van der Waals surface area contributed by atoms with Crippen molar-refractivity contribution in [1.29, 1.82) is 0 Å². The van der Waals surface area contributed by atoms with Crippen LogP contribution in [0.5, 0.6) is 0 Å². The molecule has 1 aliphatic rings. The highest BCUT2D eigenvalue weighted by Gasteiger charge is 2.38. The molecule has 1 saturated heterocycles. The third kappa shape index (κ3) is 2.46. The van der Waals surface area contributed by atoms with Gasteiger partial charge in [-0.05, 0) is 45.6 Å². The van der Waals surface area contributed by atoms with Crippen LogP contribution >= 0.6 is 0 Å². The number of rotatable bonds is 0. The smallest absolute Gasteiger partial charge is 0.0149 e. The van der Waals surface area contributed by atoms with E-state index in [9.17, 15) is 0 Å². The maximum absolute atomic E-state index is 2.67. The molecule has 0 amide bonds. The lowest BCUT2D eigenvalue weighted by molar-refractivity contribution is 0.0582. The van der Waals surface area contributed by atoms with Gasteiger partial charge in [-0.15, -0.1) is 0 Å². The molecule has 78 valence electrons. The van der Waals surface area contributed by atoms with Crippen LogP contribution in [-0.4, -0.2) is 23.0 Å². The molecule has 1 atom stereocenters. The van der Waals surface area contributed by atoms with E-state index >= 15 is 0 Å². The Morgan fingerprint density at radius 2 is 1.54 bits per heavy atom. The van der Waals surface area contributed by atoms with E-state index in [0.29, 0.717) is 11.0 Å². The quantitative estimate of drug-likeness (QED) is 0.557. The van der Waals surface area contributed by atoms with Crippen LogP contribution in [0.15, 0.2) is 0 Å². The summed E-state index contributed by atoms with van der Waals surface area (Å²) >= 11 is 0. The second-order valence-corrected chi connectivity index (χ2v) is 6.39. The van der Waals surface area contributed by atoms with Crippen molar-refractivity contribution in [3.05, 3.63) is 0 Å². The van der Waals surface area contributed by atoms with Crippen LogP contribution in [0.4, 0.5) is 0 Å². The van der Waals surface area contributed by atoms with Gasteiger partial charge in [-0.1, -0.05) is 20.8 Å². The molecule has 0 spiro atoms. The summed E-state index contributed by atoms with van der Waals surface area (Å²) in [5.74, 6) is 0. The van der Waals surface area contributed by atoms with Crippen molar-refractivity contribution in [3.8, 4) is 0 Å². The number of likely N-dealkylation sites (tertiary alicyclic amines) is 1. The van der Waals surface area contributed by atoms with Gasteiger partial charge >= 0.3 is 0 Å². The van der Waals surface area contributed by atoms with E-state index in [0.717, 1.165) is 6.04 Å². The van der Waals surface area contributed by atoms with Crippen molar-refractivity contribution >= 4 is 0 Å². The van der Waals surface area contributed by atoms with Crippen molar-refractivity contribution in [2.75, 3.05) is 6.54 Å². The maximum Gasteiger partial charge on any atom is 0.0149 e. The van der Waals surface area contributed by atoms with Gasteiger partial charge in [0.1, 0.15) is 0 Å². The standard InChI is InChI=1S/C12H25N/c1-11(2,3)10-8-7-9-13(10)12(4,5)6/h10H,7-9H2,1-6H3/t10-/m0/s1. The van der Waals surface area contributed by atoms with E-state index in [1.54, 1.807) is 0 Å². The minimum absolute atomic E-state index is 0.342. The van der Waals surface area contributed by atoms with Gasteiger partial charge in [-0.3, -0.25) is 4.90 Å². The molecule has 0 aromatic rings. The highest BCUT2D eigenvalue weighted by Crippen LogP contribution is 2.36. The van der Waals surface area contributed by atoms with Crippen LogP contribution in [0.3, 0.4) is 0 Å². The first-order valence-electron chi connectivity index (χ1n) is 5.49. The van der Waals surface area contributed by atoms with Gasteiger partial charge in [0.2, 0.25) is 0 Å². The molecule has 0 saturated carbocycles. The van der Waals surface area contributed by atoms with Crippen LogP contribution in [-0.2, 0) is 0 Å². The first-order chi connectivity index (χ1) is 5.73. The molecule has 0 aromatic heterocycles. The monoisotopic (exact) mass is 183 g/mol. The molecule has 1 aliphatic heterocycles. The number of hydrogen-bond acceptors (Lipinski definition) is 1. The topological polar surface area (TPSA) is 3.24 Å². The first-order valence-corrected chi connectivity index (χ1v) is 5.49. The zero-order chi connectivity index (χ0) is 10.3. The van der Waals surface area contributed by atoms with Gasteiger partial charge in [0.05, 0.1) is 0 Å². The average molecular weight is 183 g/mol. The highest BCUT2D eigenvalue weighted by molar-refractivity contribution is 4.93. The predicted molar refractivity (Wildman–Crippen MR) is 58.9 cm³/mol. The van der Waals surface area contributed by atoms with Gasteiger partial charge in [-0.2, -0.15) is 0 Å². The van der Waals surface area contributed by atoms with Crippen LogP contribution in [0.2, 0.25) is 0 Å². The lowest BCUT2D eigenvalue weighted by Crippen LogP contribution is -2.49. The Kier molecular flexibility index (Phi) is 2.78. The zero-order valence-electron chi connectivity index (χ0n) is 10.1. The molecule has 1 heterocycles. The van der Waals surface area contributed by atoms with E-state index < -0.39 is 0 Å². The van der Waals surface area contributed by atoms with Crippen molar-refractivity contribution in [1.82, 2.24) is 4.90 Å². The molecule has 1 fully saturated rings. The Morgan fingerprint density at radius 1 is 1.00 bits per heavy atom. The molecule has 0 aromatic carbocycles. The van der Waals surface area contributed by atoms with E-state index in [1.165, 1.54) is 19.4 Å². The SMILES string of the molecule is CC(C)(C)[C@@H]1CCCN1C(C)(C)C. The minimum Gasteiger partial charge on any atom is -0.295 e. The van der Waals surface area contributed by atoms with Crippen LogP contribution < -0.4 is 0 Å². The maximum atomic E-state index is 2.67. The summed E-state index contributed by atoms with van der Waals surface area (Å²) in [7, 11) is 0. The molecule has 0 bridgehead atoms. The third-order valence-corrected chi connectivity index (χ3v) is 3.11. The molecular formula is C12H25N. The van der Waals surface area contributed by atoms with Gasteiger partial charge < -0.3 is 0 Å². The predicted octanol–water partition coefficient (Wildman–Crippen LogP) is 3.30. The van der Waals surface area contributed by atoms with E-state index in [1.807, 2.05) is 0 Å². The third-order valence-electron chi connectivity index (χ3n) is 3.11. The second-order valence-electron chi connectivity index (χ2n) is 6.39. The zero-order valence-corrected chi connectivity index (χ0v) is 10.1. The summed E-state index contributed by atoms with van der Waals surface area (Å²) in [6.45, 7) is 15.4. The molecule has 1 rings (SSSR count). The first kappa shape index (κ1) is 11.0. The highest BCUT2D eigenvalue weighted by atomic mass is 15.2. The molecule has 0 aliphatic carbocycles. The van der Waals surface area contributed by atoms with E-state index in [4.69, 9.17) is 0 Å². The molecule has 1 heteroatoms. The van der Waals surface area contributed by atoms with Gasteiger partial charge in [0.15, 0.2) is 0 Å². The van der Waals surface area contributed by atoms with Gasteiger partial charge in [0, 0.05) is 11.6 Å². The molecule has 0 unspecified atom stereocenters. The van der Waals surface area contributed by atoms with Crippen LogP contribution in [0, 0.1) is 5.41 Å². The minimum atomic E-state index is 0.342. The van der Waals surface area contributed by atoms with Crippen LogP contribution in [0.25, 0.3) is 0 Å². The molecule has 1 nitrogen and oxygen atoms in total. The molecule has 0 radical (unpaired) electrons. The largest absolute Gasteiger partial charge is 0.295 e. The number of nitrogens with zero attached hydrogens (tertiary/aromatic N) is 1. The Labute approximate surface area is 83.5 Å². The fourth-order valence-electron chi connectivity index (χ4n) is 2.47. The summed E-state index contributed by atoms with van der Waals surface area (Å²) in [5.41, 5.74) is 0.776. The Bertz CT molecular complexity index is 151. The molecular weight excluding hydrogens is 158 g/mol. The number of hydrogen-bond donors (Lipinski definition) is 0. The fourth-order valence-corrected chi connectivity index (χ4v) is 2.47. The summed E-state index contributed by atoms with van der Waals surface area (Å²) in [4.78, 5) is 2.67. The molecule has 0 N–H and O–H groups in total. The summed E-state index contributed by atoms with van der Waals surface area (Å²) in [5, 5.41) is 0.